The van der Waals surface area contributed by atoms with Crippen LogP contribution in [-0.2, 0) is 9.53 Å². The summed E-state index contributed by atoms with van der Waals surface area (Å²) < 4.78 is 4.35. The van der Waals surface area contributed by atoms with Crippen LogP contribution in [0, 0.1) is 0 Å². The summed E-state index contributed by atoms with van der Waals surface area (Å²) in [6.45, 7) is -0.219. The molecule has 0 saturated carbocycles. The number of carbonyl (C=O) groups excluding carboxylic acids is 2. The quantitative estimate of drug-likeness (QED) is 0.464. The highest BCUT2D eigenvalue weighted by Gasteiger charge is 2.17. The van der Waals surface area contributed by atoms with E-state index in [4.69, 9.17) is 5.73 Å². The standard InChI is InChI=1S/C13H15N3O4/c1-20-13(19)11(17)6-15-12(18)10-5-7-4-8(14)2-3-9(7)16-10/h2-5,11,16-17H,6,14H2,1H3,(H,15,18). The number of esters is 1. The Morgan fingerprint density at radius 3 is 2.90 bits per heavy atom. The molecule has 0 aliphatic carbocycles. The van der Waals surface area contributed by atoms with Gasteiger partial charge >= 0.3 is 5.97 Å². The van der Waals surface area contributed by atoms with Gasteiger partial charge in [0, 0.05) is 16.6 Å². The van der Waals surface area contributed by atoms with Gasteiger partial charge in [-0.05, 0) is 24.3 Å². The number of rotatable bonds is 4. The van der Waals surface area contributed by atoms with E-state index in [1.165, 1.54) is 0 Å². The predicted octanol–water partition coefficient (Wildman–Crippen LogP) is 0.0138. The molecule has 0 aliphatic heterocycles. The van der Waals surface area contributed by atoms with Crippen LogP contribution in [0.1, 0.15) is 10.5 Å². The first-order valence-corrected chi connectivity index (χ1v) is 5.93. The Bertz CT molecular complexity index is 650. The maximum absolute atomic E-state index is 11.9. The molecule has 1 heterocycles. The van der Waals surface area contributed by atoms with Crippen LogP contribution >= 0.6 is 0 Å². The number of amides is 1. The molecule has 1 amide bonds. The van der Waals surface area contributed by atoms with Crippen molar-refractivity contribution in [1.29, 1.82) is 0 Å². The fourth-order valence-electron chi connectivity index (χ4n) is 1.78. The second-order valence-corrected chi connectivity index (χ2v) is 4.28. The van der Waals surface area contributed by atoms with Gasteiger partial charge in [-0.25, -0.2) is 4.79 Å². The lowest BCUT2D eigenvalue weighted by molar-refractivity contribution is -0.149. The second kappa shape index (κ2) is 5.62. The summed E-state index contributed by atoms with van der Waals surface area (Å²) in [5, 5.41) is 12.6. The highest BCUT2D eigenvalue weighted by Crippen LogP contribution is 2.18. The van der Waals surface area contributed by atoms with E-state index < -0.39 is 18.0 Å². The van der Waals surface area contributed by atoms with E-state index in [0.717, 1.165) is 18.0 Å². The van der Waals surface area contributed by atoms with Crippen LogP contribution in [-0.4, -0.2) is 41.7 Å². The SMILES string of the molecule is COC(=O)C(O)CNC(=O)c1cc2cc(N)ccc2[nH]1. The van der Waals surface area contributed by atoms with Gasteiger partial charge in [-0.2, -0.15) is 0 Å². The number of aromatic nitrogens is 1. The first-order chi connectivity index (χ1) is 9.51. The van der Waals surface area contributed by atoms with Crippen LogP contribution in [0.2, 0.25) is 0 Å². The van der Waals surface area contributed by atoms with Crippen molar-refractivity contribution in [3.8, 4) is 0 Å². The second-order valence-electron chi connectivity index (χ2n) is 4.28. The van der Waals surface area contributed by atoms with Crippen molar-refractivity contribution < 1.29 is 19.4 Å². The van der Waals surface area contributed by atoms with E-state index in [2.05, 4.69) is 15.0 Å². The lowest BCUT2D eigenvalue weighted by atomic mass is 10.2. The van der Waals surface area contributed by atoms with Gasteiger partial charge in [0.05, 0.1) is 13.7 Å². The Hall–Kier alpha value is -2.54. The zero-order valence-corrected chi connectivity index (χ0v) is 10.8. The summed E-state index contributed by atoms with van der Waals surface area (Å²) in [6, 6.07) is 6.88. The number of hydrogen-bond donors (Lipinski definition) is 4. The number of nitrogens with one attached hydrogen (secondary N) is 2. The third-order valence-electron chi connectivity index (χ3n) is 2.82. The van der Waals surface area contributed by atoms with E-state index in [1.54, 1.807) is 24.3 Å². The number of nitrogen functional groups attached to an aromatic ring is 1. The molecule has 7 nitrogen and oxygen atoms in total. The maximum atomic E-state index is 11.9. The Morgan fingerprint density at radius 2 is 2.20 bits per heavy atom. The number of anilines is 1. The molecule has 1 aromatic heterocycles. The summed E-state index contributed by atoms with van der Waals surface area (Å²) in [5.41, 5.74) is 7.36. The lowest BCUT2D eigenvalue weighted by Gasteiger charge is -2.08. The Balaban J connectivity index is 2.06. The third kappa shape index (κ3) is 2.89. The summed E-state index contributed by atoms with van der Waals surface area (Å²) in [5.74, 6) is -1.22. The van der Waals surface area contributed by atoms with E-state index in [1.807, 2.05) is 0 Å². The minimum atomic E-state index is -1.39. The van der Waals surface area contributed by atoms with Crippen molar-refractivity contribution in [3.05, 3.63) is 30.0 Å². The van der Waals surface area contributed by atoms with Crippen molar-refractivity contribution in [2.45, 2.75) is 6.10 Å². The fourth-order valence-corrected chi connectivity index (χ4v) is 1.78. The molecule has 1 atom stereocenters. The minimum absolute atomic E-state index is 0.219. The normalized spacial score (nSPS) is 12.1. The molecular weight excluding hydrogens is 262 g/mol. The first-order valence-electron chi connectivity index (χ1n) is 5.93. The molecule has 1 unspecified atom stereocenters. The van der Waals surface area contributed by atoms with Gasteiger partial charge in [-0.1, -0.05) is 0 Å². The summed E-state index contributed by atoms with van der Waals surface area (Å²) in [6.07, 6.45) is -1.39. The van der Waals surface area contributed by atoms with Gasteiger partial charge in [-0.15, -0.1) is 0 Å². The topological polar surface area (TPSA) is 117 Å². The number of aliphatic hydroxyl groups excluding tert-OH is 1. The zero-order valence-electron chi connectivity index (χ0n) is 10.8. The molecule has 7 heteroatoms. The Morgan fingerprint density at radius 1 is 1.45 bits per heavy atom. The monoisotopic (exact) mass is 277 g/mol. The van der Waals surface area contributed by atoms with Crippen molar-refractivity contribution in [3.63, 3.8) is 0 Å². The number of aromatic amines is 1. The molecule has 0 bridgehead atoms. The largest absolute Gasteiger partial charge is 0.467 e. The van der Waals surface area contributed by atoms with E-state index in [-0.39, 0.29) is 6.54 Å². The molecule has 2 aromatic rings. The van der Waals surface area contributed by atoms with Gasteiger partial charge in [0.15, 0.2) is 6.10 Å². The van der Waals surface area contributed by atoms with Crippen LogP contribution < -0.4 is 11.1 Å². The summed E-state index contributed by atoms with van der Waals surface area (Å²) in [4.78, 5) is 25.8. The molecule has 2 rings (SSSR count). The molecule has 0 radical (unpaired) electrons. The average molecular weight is 277 g/mol. The zero-order chi connectivity index (χ0) is 14.7. The van der Waals surface area contributed by atoms with Crippen LogP contribution in [0.15, 0.2) is 24.3 Å². The number of nitrogens with two attached hydrogens (primary N) is 1. The van der Waals surface area contributed by atoms with Crippen molar-refractivity contribution >= 4 is 28.5 Å². The first kappa shape index (κ1) is 13.9. The molecular formula is C13H15N3O4. The van der Waals surface area contributed by atoms with Crippen LogP contribution in [0.3, 0.4) is 0 Å². The molecule has 5 N–H and O–H groups in total. The number of benzene rings is 1. The van der Waals surface area contributed by atoms with Crippen LogP contribution in [0.5, 0.6) is 0 Å². The molecule has 0 spiro atoms. The Kier molecular flexibility index (Phi) is 3.90. The number of fused-ring (bicyclic) bond motifs is 1. The summed E-state index contributed by atoms with van der Waals surface area (Å²) in [7, 11) is 1.16. The van der Waals surface area contributed by atoms with Crippen molar-refractivity contribution in [2.24, 2.45) is 0 Å². The van der Waals surface area contributed by atoms with Gasteiger partial charge in [0.1, 0.15) is 5.69 Å². The molecule has 20 heavy (non-hydrogen) atoms. The molecule has 0 saturated heterocycles. The number of aliphatic hydroxyl groups is 1. The van der Waals surface area contributed by atoms with Gasteiger partial charge in [-0.3, -0.25) is 4.79 Å². The van der Waals surface area contributed by atoms with Crippen molar-refractivity contribution in [2.75, 3.05) is 19.4 Å². The smallest absolute Gasteiger partial charge is 0.336 e. The van der Waals surface area contributed by atoms with E-state index >= 15 is 0 Å². The number of carbonyl (C=O) groups is 2. The predicted molar refractivity (Wildman–Crippen MR) is 73.1 cm³/mol. The lowest BCUT2D eigenvalue weighted by Crippen LogP contribution is -2.37. The highest BCUT2D eigenvalue weighted by molar-refractivity contribution is 5.98. The number of H-pyrrole nitrogens is 1. The fraction of sp³-hybridized carbons (Fsp3) is 0.231. The van der Waals surface area contributed by atoms with E-state index in [9.17, 15) is 14.7 Å². The van der Waals surface area contributed by atoms with Gasteiger partial charge < -0.3 is 25.9 Å². The average Bonchev–Trinajstić information content (AvgIpc) is 2.86. The van der Waals surface area contributed by atoms with Gasteiger partial charge in [0.25, 0.3) is 5.91 Å². The number of methoxy groups -OCH3 is 1. The van der Waals surface area contributed by atoms with E-state index in [0.29, 0.717) is 11.4 Å². The summed E-state index contributed by atoms with van der Waals surface area (Å²) >= 11 is 0. The third-order valence-corrected chi connectivity index (χ3v) is 2.82. The Labute approximate surface area is 114 Å². The van der Waals surface area contributed by atoms with Crippen molar-refractivity contribution in [1.82, 2.24) is 10.3 Å². The number of ether oxygens (including phenoxy) is 1. The molecule has 0 fully saturated rings. The van der Waals surface area contributed by atoms with Crippen LogP contribution in [0.4, 0.5) is 5.69 Å². The maximum Gasteiger partial charge on any atom is 0.336 e. The minimum Gasteiger partial charge on any atom is -0.467 e. The highest BCUT2D eigenvalue weighted by atomic mass is 16.5. The van der Waals surface area contributed by atoms with Crippen LogP contribution in [0.25, 0.3) is 10.9 Å². The molecule has 106 valence electrons. The van der Waals surface area contributed by atoms with Gasteiger partial charge in [0.2, 0.25) is 0 Å². The molecule has 0 aliphatic rings. The molecule has 1 aromatic carbocycles. The number of hydrogen-bond acceptors (Lipinski definition) is 5.